The van der Waals surface area contributed by atoms with Crippen LogP contribution < -0.4 is 10.7 Å². The summed E-state index contributed by atoms with van der Waals surface area (Å²) >= 11 is 5.27. The number of hydrogen-bond acceptors (Lipinski definition) is 2. The molecule has 0 saturated heterocycles. The number of aryl methyl sites for hydroxylation is 1. The molecule has 0 aromatic heterocycles. The van der Waals surface area contributed by atoms with Crippen molar-refractivity contribution in [1.29, 1.82) is 0 Å². The summed E-state index contributed by atoms with van der Waals surface area (Å²) in [6.45, 7) is 5.29. The highest BCUT2D eigenvalue weighted by atomic mass is 32.1. The van der Waals surface area contributed by atoms with Gasteiger partial charge < -0.3 is 5.32 Å². The van der Waals surface area contributed by atoms with E-state index in [1.54, 1.807) is 6.21 Å². The van der Waals surface area contributed by atoms with Gasteiger partial charge in [-0.1, -0.05) is 133 Å². The van der Waals surface area contributed by atoms with E-state index in [0.29, 0.717) is 5.11 Å². The first-order chi connectivity index (χ1) is 15.2. The van der Waals surface area contributed by atoms with Crippen LogP contribution in [0.25, 0.3) is 0 Å². The molecule has 2 N–H and O–H groups in total. The summed E-state index contributed by atoms with van der Waals surface area (Å²) < 4.78 is 0. The Morgan fingerprint density at radius 1 is 0.806 bits per heavy atom. The first kappa shape index (κ1) is 27.6. The van der Waals surface area contributed by atoms with Crippen molar-refractivity contribution in [2.24, 2.45) is 5.10 Å². The molecule has 0 atom stereocenters. The summed E-state index contributed by atoms with van der Waals surface area (Å²) in [5, 5.41) is 8.04. The SMILES string of the molecule is CCCCCCCCCCCCCCCCCCNC(=S)NN=Cc1cccc(C)c1. The molecule has 3 nitrogen and oxygen atoms in total. The number of hydrazone groups is 1. The minimum atomic E-state index is 0.602. The molecule has 4 heteroatoms. The lowest BCUT2D eigenvalue weighted by atomic mass is 10.0. The molecule has 31 heavy (non-hydrogen) atoms. The average Bonchev–Trinajstić information content (AvgIpc) is 2.76. The molecule has 176 valence electrons. The molecule has 1 aromatic carbocycles. The highest BCUT2D eigenvalue weighted by Crippen LogP contribution is 2.13. The van der Waals surface area contributed by atoms with E-state index in [1.165, 1.54) is 108 Å². The molecule has 0 aliphatic rings. The minimum Gasteiger partial charge on any atom is -0.361 e. The normalized spacial score (nSPS) is 11.2. The van der Waals surface area contributed by atoms with Gasteiger partial charge in [0, 0.05) is 6.54 Å². The van der Waals surface area contributed by atoms with Crippen molar-refractivity contribution >= 4 is 23.5 Å². The Kier molecular flexibility index (Phi) is 18.2. The summed E-state index contributed by atoms with van der Waals surface area (Å²) in [7, 11) is 0. The highest BCUT2D eigenvalue weighted by molar-refractivity contribution is 7.80. The van der Waals surface area contributed by atoms with Crippen LogP contribution in [-0.4, -0.2) is 17.9 Å². The monoisotopic (exact) mass is 445 g/mol. The molecule has 0 radical (unpaired) electrons. The van der Waals surface area contributed by atoms with Crippen LogP contribution in [0.1, 0.15) is 121 Å². The second-order valence-electron chi connectivity index (χ2n) is 8.84. The van der Waals surface area contributed by atoms with E-state index in [-0.39, 0.29) is 0 Å². The maximum atomic E-state index is 5.27. The maximum absolute atomic E-state index is 5.27. The summed E-state index contributed by atoms with van der Waals surface area (Å²) in [6.07, 6.45) is 24.1. The van der Waals surface area contributed by atoms with Gasteiger partial charge in [-0.05, 0) is 31.1 Å². The lowest BCUT2D eigenvalue weighted by Crippen LogP contribution is -2.32. The van der Waals surface area contributed by atoms with Gasteiger partial charge in [0.1, 0.15) is 0 Å². The number of unbranched alkanes of at least 4 members (excludes halogenated alkanes) is 15. The summed E-state index contributed by atoms with van der Waals surface area (Å²) in [4.78, 5) is 0. The summed E-state index contributed by atoms with van der Waals surface area (Å²) in [6, 6.07) is 8.24. The lowest BCUT2D eigenvalue weighted by molar-refractivity contribution is 0.529. The van der Waals surface area contributed by atoms with Crippen molar-refractivity contribution in [3.8, 4) is 0 Å². The highest BCUT2D eigenvalue weighted by Gasteiger charge is 1.96. The zero-order valence-electron chi connectivity index (χ0n) is 20.3. The number of benzene rings is 1. The van der Waals surface area contributed by atoms with Gasteiger partial charge in [0.2, 0.25) is 0 Å². The van der Waals surface area contributed by atoms with Crippen molar-refractivity contribution in [3.05, 3.63) is 35.4 Å². The Balaban J connectivity index is 1.80. The van der Waals surface area contributed by atoms with E-state index in [1.807, 2.05) is 12.1 Å². The Morgan fingerprint density at radius 3 is 1.84 bits per heavy atom. The fourth-order valence-electron chi connectivity index (χ4n) is 3.83. The molecule has 0 bridgehead atoms. The minimum absolute atomic E-state index is 0.602. The fourth-order valence-corrected chi connectivity index (χ4v) is 3.99. The van der Waals surface area contributed by atoms with Gasteiger partial charge in [-0.25, -0.2) is 0 Å². The van der Waals surface area contributed by atoms with Gasteiger partial charge in [-0.2, -0.15) is 5.10 Å². The number of thiocarbonyl (C=S) groups is 1. The molecular formula is C27H47N3S. The van der Waals surface area contributed by atoms with Gasteiger partial charge in [-0.3, -0.25) is 5.43 Å². The van der Waals surface area contributed by atoms with Gasteiger partial charge in [0.05, 0.1) is 6.21 Å². The molecule has 1 rings (SSSR count). The quantitative estimate of drug-likeness (QED) is 0.0978. The van der Waals surface area contributed by atoms with Crippen molar-refractivity contribution in [2.45, 2.75) is 117 Å². The standard InChI is InChI=1S/C27H47N3S/c1-3-4-5-6-7-8-9-10-11-12-13-14-15-16-17-18-22-28-27(31)30-29-24-26-21-19-20-25(2)23-26/h19-21,23-24H,3-18,22H2,1-2H3,(H2,28,30,31). The third-order valence-electron chi connectivity index (χ3n) is 5.74. The molecular weight excluding hydrogens is 398 g/mol. The van der Waals surface area contributed by atoms with E-state index >= 15 is 0 Å². The molecule has 0 unspecified atom stereocenters. The van der Waals surface area contributed by atoms with Crippen molar-refractivity contribution in [1.82, 2.24) is 10.7 Å². The Morgan fingerprint density at radius 2 is 1.32 bits per heavy atom. The number of hydrogen-bond donors (Lipinski definition) is 2. The third-order valence-corrected chi connectivity index (χ3v) is 5.97. The smallest absolute Gasteiger partial charge is 0.186 e. The van der Waals surface area contributed by atoms with E-state index in [0.717, 1.165) is 12.1 Å². The number of rotatable bonds is 19. The number of nitrogens with zero attached hydrogens (tertiary/aromatic N) is 1. The van der Waals surface area contributed by atoms with Crippen LogP contribution in [0.5, 0.6) is 0 Å². The second-order valence-corrected chi connectivity index (χ2v) is 9.25. The first-order valence-electron chi connectivity index (χ1n) is 12.9. The van der Waals surface area contributed by atoms with E-state index in [4.69, 9.17) is 12.2 Å². The van der Waals surface area contributed by atoms with Crippen molar-refractivity contribution in [2.75, 3.05) is 6.54 Å². The van der Waals surface area contributed by atoms with Crippen LogP contribution in [0, 0.1) is 6.92 Å². The maximum Gasteiger partial charge on any atom is 0.186 e. The first-order valence-corrected chi connectivity index (χ1v) is 13.3. The predicted octanol–water partition coefficient (Wildman–Crippen LogP) is 8.05. The van der Waals surface area contributed by atoms with Crippen LogP contribution >= 0.6 is 12.2 Å². The average molecular weight is 446 g/mol. The Hall–Kier alpha value is -1.42. The molecule has 0 spiro atoms. The largest absolute Gasteiger partial charge is 0.361 e. The van der Waals surface area contributed by atoms with Crippen LogP contribution in [0.15, 0.2) is 29.4 Å². The van der Waals surface area contributed by atoms with E-state index in [9.17, 15) is 0 Å². The van der Waals surface area contributed by atoms with E-state index < -0.39 is 0 Å². The van der Waals surface area contributed by atoms with Gasteiger partial charge >= 0.3 is 0 Å². The fraction of sp³-hybridized carbons (Fsp3) is 0.704. The third kappa shape index (κ3) is 17.9. The lowest BCUT2D eigenvalue weighted by Gasteiger charge is -2.07. The van der Waals surface area contributed by atoms with Crippen LogP contribution in [0.2, 0.25) is 0 Å². The molecule has 0 heterocycles. The van der Waals surface area contributed by atoms with Gasteiger partial charge in [0.25, 0.3) is 0 Å². The zero-order chi connectivity index (χ0) is 22.4. The number of nitrogens with one attached hydrogen (secondary N) is 2. The Bertz CT molecular complexity index is 586. The molecule has 0 aliphatic heterocycles. The zero-order valence-corrected chi connectivity index (χ0v) is 21.1. The van der Waals surface area contributed by atoms with Crippen LogP contribution in [0.3, 0.4) is 0 Å². The summed E-state index contributed by atoms with van der Waals surface area (Å²) in [5.41, 5.74) is 5.20. The van der Waals surface area contributed by atoms with Gasteiger partial charge in [0.15, 0.2) is 5.11 Å². The van der Waals surface area contributed by atoms with Gasteiger partial charge in [-0.15, -0.1) is 0 Å². The van der Waals surface area contributed by atoms with Crippen molar-refractivity contribution < 1.29 is 0 Å². The second kappa shape index (κ2) is 20.5. The molecule has 1 aromatic rings. The topological polar surface area (TPSA) is 36.4 Å². The summed E-state index contributed by atoms with van der Waals surface area (Å²) in [5.74, 6) is 0. The molecule has 0 amide bonds. The van der Waals surface area contributed by atoms with Crippen LogP contribution in [0.4, 0.5) is 0 Å². The molecule has 0 fully saturated rings. The predicted molar refractivity (Wildman–Crippen MR) is 142 cm³/mol. The Labute approximate surface area is 197 Å². The molecule has 0 aliphatic carbocycles. The van der Waals surface area contributed by atoms with E-state index in [2.05, 4.69) is 41.8 Å². The van der Waals surface area contributed by atoms with Crippen LogP contribution in [-0.2, 0) is 0 Å². The van der Waals surface area contributed by atoms with Crippen molar-refractivity contribution in [3.63, 3.8) is 0 Å². The molecule has 0 saturated carbocycles.